The van der Waals surface area contributed by atoms with Crippen LogP contribution in [0.2, 0.25) is 0 Å². The first-order chi connectivity index (χ1) is 12.5. The van der Waals surface area contributed by atoms with Crippen LogP contribution in [-0.2, 0) is 13.0 Å². The summed E-state index contributed by atoms with van der Waals surface area (Å²) in [5, 5.41) is 14.2. The Hall–Kier alpha value is -1.85. The Labute approximate surface area is 154 Å². The summed E-state index contributed by atoms with van der Waals surface area (Å²) in [6.45, 7) is 6.98. The van der Waals surface area contributed by atoms with Crippen molar-refractivity contribution in [1.82, 2.24) is 10.1 Å². The number of hydrogen-bond donors (Lipinski definition) is 1. The van der Waals surface area contributed by atoms with Gasteiger partial charge in [0.2, 0.25) is 0 Å². The van der Waals surface area contributed by atoms with E-state index in [9.17, 15) is 5.11 Å². The molecule has 2 aromatic rings. The first-order valence-electron chi connectivity index (χ1n) is 9.53. The maximum Gasteiger partial charge on any atom is 0.137 e. The molecule has 1 N–H and O–H groups in total. The maximum absolute atomic E-state index is 10.1. The molecule has 2 fully saturated rings. The molecule has 0 radical (unpaired) electrons. The number of hydrogen-bond acceptors (Lipinski definition) is 5. The standard InChI is InChI=1S/C21H28N2O3/c1-13-18(14(2)26-22-13)9-17-8-15(4-7-21(17)25-3)10-23-11-16-5-6-20(24)19(16)12-23/h4,7-8,16,19-20,24H,5-6,9-12H2,1-3H3/t16-,19+,20-/m1/s1. The lowest BCUT2D eigenvalue weighted by molar-refractivity contribution is 0.123. The second-order valence-corrected chi connectivity index (χ2v) is 7.89. The fourth-order valence-electron chi connectivity index (χ4n) is 4.73. The summed E-state index contributed by atoms with van der Waals surface area (Å²) >= 11 is 0. The van der Waals surface area contributed by atoms with Gasteiger partial charge in [-0.2, -0.15) is 0 Å². The number of nitrogens with zero attached hydrogens (tertiary/aromatic N) is 2. The summed E-state index contributed by atoms with van der Waals surface area (Å²) in [5.41, 5.74) is 4.54. The van der Waals surface area contributed by atoms with E-state index in [1.807, 2.05) is 13.8 Å². The lowest BCUT2D eigenvalue weighted by Crippen LogP contribution is -2.24. The van der Waals surface area contributed by atoms with Gasteiger partial charge in [0.1, 0.15) is 11.5 Å². The molecule has 4 rings (SSSR count). The molecule has 1 aliphatic carbocycles. The van der Waals surface area contributed by atoms with E-state index in [0.717, 1.165) is 55.2 Å². The van der Waals surface area contributed by atoms with Gasteiger partial charge >= 0.3 is 0 Å². The van der Waals surface area contributed by atoms with E-state index in [4.69, 9.17) is 9.26 Å². The van der Waals surface area contributed by atoms with Crippen LogP contribution < -0.4 is 4.74 Å². The molecule has 0 spiro atoms. The van der Waals surface area contributed by atoms with Crippen LogP contribution in [0.25, 0.3) is 0 Å². The Morgan fingerprint density at radius 2 is 2.12 bits per heavy atom. The number of aliphatic hydroxyl groups excluding tert-OH is 1. The average molecular weight is 356 g/mol. The molecule has 5 heteroatoms. The van der Waals surface area contributed by atoms with Crippen LogP contribution in [0, 0.1) is 25.7 Å². The highest BCUT2D eigenvalue weighted by Gasteiger charge is 2.41. The number of likely N-dealkylation sites (tertiary alicyclic amines) is 1. The third-order valence-electron chi connectivity index (χ3n) is 6.19. The van der Waals surface area contributed by atoms with Gasteiger partial charge in [-0.05, 0) is 49.8 Å². The van der Waals surface area contributed by atoms with Gasteiger partial charge < -0.3 is 14.4 Å². The van der Waals surface area contributed by atoms with Gasteiger partial charge in [0, 0.05) is 37.5 Å². The summed E-state index contributed by atoms with van der Waals surface area (Å²) in [7, 11) is 1.72. The molecule has 0 amide bonds. The van der Waals surface area contributed by atoms with Crippen molar-refractivity contribution in [3.05, 3.63) is 46.3 Å². The topological polar surface area (TPSA) is 58.7 Å². The molecule has 0 bridgehead atoms. The van der Waals surface area contributed by atoms with E-state index in [0.29, 0.717) is 11.8 Å². The van der Waals surface area contributed by atoms with Crippen molar-refractivity contribution in [1.29, 1.82) is 0 Å². The van der Waals surface area contributed by atoms with Crippen molar-refractivity contribution in [2.24, 2.45) is 11.8 Å². The first-order valence-corrected chi connectivity index (χ1v) is 9.53. The van der Waals surface area contributed by atoms with Crippen LogP contribution >= 0.6 is 0 Å². The van der Waals surface area contributed by atoms with Gasteiger partial charge in [-0.25, -0.2) is 0 Å². The number of aromatic nitrogens is 1. The molecule has 1 saturated heterocycles. The quantitative estimate of drug-likeness (QED) is 0.892. The molecule has 0 unspecified atom stereocenters. The molecule has 26 heavy (non-hydrogen) atoms. The molecule has 1 aromatic heterocycles. The summed E-state index contributed by atoms with van der Waals surface area (Å²) in [4.78, 5) is 2.49. The summed E-state index contributed by atoms with van der Waals surface area (Å²) in [5.74, 6) is 2.92. The summed E-state index contributed by atoms with van der Waals surface area (Å²) < 4.78 is 10.9. The minimum atomic E-state index is -0.101. The zero-order valence-corrected chi connectivity index (χ0v) is 15.9. The smallest absolute Gasteiger partial charge is 0.137 e. The van der Waals surface area contributed by atoms with Crippen LogP contribution in [0.1, 0.15) is 41.0 Å². The second kappa shape index (κ2) is 7.05. The first kappa shape index (κ1) is 17.6. The van der Waals surface area contributed by atoms with Crippen molar-refractivity contribution in [2.75, 3.05) is 20.2 Å². The highest BCUT2D eigenvalue weighted by molar-refractivity contribution is 5.42. The SMILES string of the molecule is COc1ccc(CN2C[C@H]3CC[C@@H](O)[C@H]3C2)cc1Cc1c(C)noc1C. The van der Waals surface area contributed by atoms with Gasteiger partial charge in [0.05, 0.1) is 18.9 Å². The number of aliphatic hydroxyl groups is 1. The van der Waals surface area contributed by atoms with E-state index in [-0.39, 0.29) is 6.10 Å². The van der Waals surface area contributed by atoms with Crippen LogP contribution in [0.15, 0.2) is 22.7 Å². The molecule has 1 aliphatic heterocycles. The zero-order valence-electron chi connectivity index (χ0n) is 15.9. The van der Waals surface area contributed by atoms with E-state index in [1.165, 1.54) is 17.5 Å². The minimum Gasteiger partial charge on any atom is -0.496 e. The van der Waals surface area contributed by atoms with Crippen molar-refractivity contribution in [3.8, 4) is 5.75 Å². The molecule has 5 nitrogen and oxygen atoms in total. The minimum absolute atomic E-state index is 0.101. The third-order valence-corrected chi connectivity index (χ3v) is 6.19. The van der Waals surface area contributed by atoms with E-state index < -0.39 is 0 Å². The van der Waals surface area contributed by atoms with Gasteiger partial charge in [-0.1, -0.05) is 17.3 Å². The Morgan fingerprint density at radius 3 is 2.81 bits per heavy atom. The van der Waals surface area contributed by atoms with E-state index in [2.05, 4.69) is 28.3 Å². The lowest BCUT2D eigenvalue weighted by atomic mass is 10.00. The molecule has 1 aromatic carbocycles. The molecular weight excluding hydrogens is 328 g/mol. The van der Waals surface area contributed by atoms with Crippen molar-refractivity contribution >= 4 is 0 Å². The highest BCUT2D eigenvalue weighted by atomic mass is 16.5. The fraction of sp³-hybridized carbons (Fsp3) is 0.571. The number of rotatable bonds is 5. The number of ether oxygens (including phenoxy) is 1. The van der Waals surface area contributed by atoms with Crippen molar-refractivity contribution in [3.63, 3.8) is 0 Å². The second-order valence-electron chi connectivity index (χ2n) is 7.89. The molecule has 1 saturated carbocycles. The van der Waals surface area contributed by atoms with Gasteiger partial charge in [-0.3, -0.25) is 4.90 Å². The number of aryl methyl sites for hydroxylation is 2. The Morgan fingerprint density at radius 1 is 1.27 bits per heavy atom. The molecule has 3 atom stereocenters. The monoisotopic (exact) mass is 356 g/mol. The maximum atomic E-state index is 10.1. The Kier molecular flexibility index (Phi) is 4.76. The molecule has 2 aliphatic rings. The normalized spacial score (nSPS) is 25.6. The van der Waals surface area contributed by atoms with Crippen LogP contribution in [0.3, 0.4) is 0 Å². The van der Waals surface area contributed by atoms with E-state index in [1.54, 1.807) is 7.11 Å². The molecule has 2 heterocycles. The highest BCUT2D eigenvalue weighted by Crippen LogP contribution is 2.38. The van der Waals surface area contributed by atoms with Gasteiger partial charge in [-0.15, -0.1) is 0 Å². The van der Waals surface area contributed by atoms with Crippen molar-refractivity contribution in [2.45, 2.75) is 45.8 Å². The van der Waals surface area contributed by atoms with Crippen LogP contribution in [-0.4, -0.2) is 41.5 Å². The number of fused-ring (bicyclic) bond motifs is 1. The largest absolute Gasteiger partial charge is 0.496 e. The predicted molar refractivity (Wildman–Crippen MR) is 99.3 cm³/mol. The molecule has 140 valence electrons. The van der Waals surface area contributed by atoms with E-state index >= 15 is 0 Å². The third kappa shape index (κ3) is 3.26. The predicted octanol–water partition coefficient (Wildman–Crippen LogP) is 3.09. The molecular formula is C21H28N2O3. The zero-order chi connectivity index (χ0) is 18.3. The average Bonchev–Trinajstić information content (AvgIpc) is 3.27. The fourth-order valence-corrected chi connectivity index (χ4v) is 4.73. The van der Waals surface area contributed by atoms with Gasteiger partial charge in [0.15, 0.2) is 0 Å². The Bertz CT molecular complexity index is 766. The van der Waals surface area contributed by atoms with Crippen LogP contribution in [0.4, 0.5) is 0 Å². The number of benzene rings is 1. The van der Waals surface area contributed by atoms with Crippen LogP contribution in [0.5, 0.6) is 5.75 Å². The Balaban J connectivity index is 1.51. The summed E-state index contributed by atoms with van der Waals surface area (Å²) in [6, 6.07) is 6.46. The lowest BCUT2D eigenvalue weighted by Gasteiger charge is -2.19. The summed E-state index contributed by atoms with van der Waals surface area (Å²) in [6.07, 6.45) is 2.81. The van der Waals surface area contributed by atoms with Crippen molar-refractivity contribution < 1.29 is 14.4 Å². The number of methoxy groups -OCH3 is 1. The van der Waals surface area contributed by atoms with Gasteiger partial charge in [0.25, 0.3) is 0 Å².